The van der Waals surface area contributed by atoms with E-state index in [1.807, 2.05) is 0 Å². The number of carboxylic acids is 1. The van der Waals surface area contributed by atoms with Crippen LogP contribution in [0.4, 0.5) is 0 Å². The smallest absolute Gasteiger partial charge is 0.338 e. The molecule has 1 aromatic carbocycles. The first kappa shape index (κ1) is 22.7. The topological polar surface area (TPSA) is 113 Å². The summed E-state index contributed by atoms with van der Waals surface area (Å²) < 4.78 is 5.30. The molecular formula is C20H26N2O6S. The standard InChI is InChI=1S/C20H26N2O6S/c1-12(23)22-11-29-10-16(22)17(24)21-15(18(25)26)9-13-5-7-14(8-6-13)19(27)28-20(2,3)4/h5-8,15-16H,9-11H2,1-4H3,(H,21,24)(H,25,26)/t15-,16+/m0/s1. The molecule has 0 radical (unpaired) electrons. The average molecular weight is 423 g/mol. The quantitative estimate of drug-likeness (QED) is 0.671. The minimum Gasteiger partial charge on any atom is -0.480 e. The number of benzene rings is 1. The molecule has 0 bridgehead atoms. The zero-order valence-corrected chi connectivity index (χ0v) is 17.7. The van der Waals surface area contributed by atoms with E-state index in [0.29, 0.717) is 22.8 Å². The number of hydrogen-bond acceptors (Lipinski definition) is 6. The van der Waals surface area contributed by atoms with Gasteiger partial charge in [-0.05, 0) is 38.5 Å². The second-order valence-corrected chi connectivity index (χ2v) is 8.81. The average Bonchev–Trinajstić information content (AvgIpc) is 3.10. The van der Waals surface area contributed by atoms with Crippen LogP contribution < -0.4 is 5.32 Å². The largest absolute Gasteiger partial charge is 0.480 e. The molecule has 29 heavy (non-hydrogen) atoms. The van der Waals surface area contributed by atoms with Crippen LogP contribution in [0.25, 0.3) is 0 Å². The lowest BCUT2D eigenvalue weighted by molar-refractivity contribution is -0.143. The van der Waals surface area contributed by atoms with Crippen molar-refractivity contribution in [2.75, 3.05) is 11.6 Å². The van der Waals surface area contributed by atoms with Crippen molar-refractivity contribution in [2.24, 2.45) is 0 Å². The highest BCUT2D eigenvalue weighted by atomic mass is 32.2. The fraction of sp³-hybridized carbons (Fsp3) is 0.500. The summed E-state index contributed by atoms with van der Waals surface area (Å²) in [5, 5.41) is 12.0. The second kappa shape index (κ2) is 9.30. The molecule has 0 aromatic heterocycles. The van der Waals surface area contributed by atoms with Crippen LogP contribution in [-0.2, 0) is 25.5 Å². The van der Waals surface area contributed by atoms with E-state index in [-0.39, 0.29) is 12.3 Å². The zero-order chi connectivity index (χ0) is 21.8. The van der Waals surface area contributed by atoms with Gasteiger partial charge in [-0.15, -0.1) is 11.8 Å². The Kier molecular flexibility index (Phi) is 7.29. The van der Waals surface area contributed by atoms with Crippen LogP contribution in [0.3, 0.4) is 0 Å². The predicted octanol–water partition coefficient (Wildman–Crippen LogP) is 1.68. The molecule has 0 aliphatic carbocycles. The number of nitrogens with one attached hydrogen (secondary N) is 1. The van der Waals surface area contributed by atoms with E-state index in [4.69, 9.17) is 4.74 Å². The number of amides is 2. The van der Waals surface area contributed by atoms with E-state index >= 15 is 0 Å². The minimum absolute atomic E-state index is 0.0512. The van der Waals surface area contributed by atoms with Crippen LogP contribution in [0.1, 0.15) is 43.6 Å². The number of rotatable bonds is 6. The summed E-state index contributed by atoms with van der Waals surface area (Å²) >= 11 is 1.45. The molecule has 0 unspecified atom stereocenters. The van der Waals surface area contributed by atoms with Crippen molar-refractivity contribution in [1.29, 1.82) is 0 Å². The van der Waals surface area contributed by atoms with E-state index in [1.54, 1.807) is 45.0 Å². The Morgan fingerprint density at radius 1 is 1.24 bits per heavy atom. The van der Waals surface area contributed by atoms with Crippen LogP contribution in [0.2, 0.25) is 0 Å². The molecule has 158 valence electrons. The van der Waals surface area contributed by atoms with Crippen LogP contribution in [0, 0.1) is 0 Å². The maximum Gasteiger partial charge on any atom is 0.338 e. The lowest BCUT2D eigenvalue weighted by Gasteiger charge is -2.23. The molecule has 0 spiro atoms. The van der Waals surface area contributed by atoms with Crippen molar-refractivity contribution in [3.8, 4) is 0 Å². The van der Waals surface area contributed by atoms with Gasteiger partial charge in [-0.25, -0.2) is 9.59 Å². The van der Waals surface area contributed by atoms with Crippen LogP contribution >= 0.6 is 11.8 Å². The van der Waals surface area contributed by atoms with Crippen LogP contribution in [-0.4, -0.2) is 63.1 Å². The highest BCUT2D eigenvalue weighted by Crippen LogP contribution is 2.21. The van der Waals surface area contributed by atoms with E-state index < -0.39 is 35.5 Å². The summed E-state index contributed by atoms with van der Waals surface area (Å²) in [5.74, 6) is -1.49. The molecule has 1 aromatic rings. The van der Waals surface area contributed by atoms with Gasteiger partial charge in [0.05, 0.1) is 11.4 Å². The van der Waals surface area contributed by atoms with Gasteiger partial charge >= 0.3 is 11.9 Å². The van der Waals surface area contributed by atoms with Gasteiger partial charge in [0.1, 0.15) is 17.7 Å². The van der Waals surface area contributed by atoms with E-state index in [2.05, 4.69) is 5.32 Å². The maximum atomic E-state index is 12.5. The highest BCUT2D eigenvalue weighted by Gasteiger charge is 2.35. The summed E-state index contributed by atoms with van der Waals surface area (Å²) in [6.45, 7) is 6.70. The number of nitrogens with zero attached hydrogens (tertiary/aromatic N) is 1. The fourth-order valence-electron chi connectivity index (χ4n) is 2.79. The van der Waals surface area contributed by atoms with Gasteiger partial charge in [0.2, 0.25) is 11.8 Å². The Labute approximate surface area is 174 Å². The summed E-state index contributed by atoms with van der Waals surface area (Å²) in [7, 11) is 0. The van der Waals surface area contributed by atoms with Crippen molar-refractivity contribution < 1.29 is 29.0 Å². The Balaban J connectivity index is 2.03. The molecule has 1 aliphatic heterocycles. The maximum absolute atomic E-state index is 12.5. The number of hydrogen-bond donors (Lipinski definition) is 2. The molecule has 9 heteroatoms. The third-order valence-electron chi connectivity index (χ3n) is 4.23. The molecule has 2 amide bonds. The van der Waals surface area contributed by atoms with Crippen LogP contribution in [0.5, 0.6) is 0 Å². The number of carbonyl (C=O) groups excluding carboxylic acids is 3. The predicted molar refractivity (Wildman–Crippen MR) is 109 cm³/mol. The summed E-state index contributed by atoms with van der Waals surface area (Å²) in [4.78, 5) is 49.2. The Morgan fingerprint density at radius 3 is 2.38 bits per heavy atom. The first-order valence-corrected chi connectivity index (χ1v) is 10.3. The van der Waals surface area contributed by atoms with Gasteiger partial charge in [0, 0.05) is 19.1 Å². The monoisotopic (exact) mass is 422 g/mol. The van der Waals surface area contributed by atoms with E-state index in [0.717, 1.165) is 0 Å². The number of aliphatic carboxylic acids is 1. The summed E-state index contributed by atoms with van der Waals surface area (Å²) in [6.07, 6.45) is 0.0512. The lowest BCUT2D eigenvalue weighted by Crippen LogP contribution is -2.52. The molecule has 1 saturated heterocycles. The third-order valence-corrected chi connectivity index (χ3v) is 5.24. The second-order valence-electron chi connectivity index (χ2n) is 7.81. The van der Waals surface area contributed by atoms with E-state index in [1.165, 1.54) is 23.6 Å². The van der Waals surface area contributed by atoms with Crippen molar-refractivity contribution >= 4 is 35.5 Å². The van der Waals surface area contributed by atoms with Gasteiger partial charge in [-0.1, -0.05) is 12.1 Å². The number of thioether (sulfide) groups is 1. The van der Waals surface area contributed by atoms with Gasteiger partial charge in [0.25, 0.3) is 0 Å². The van der Waals surface area contributed by atoms with Crippen molar-refractivity contribution in [3.63, 3.8) is 0 Å². The molecule has 2 rings (SSSR count). The first-order valence-electron chi connectivity index (χ1n) is 9.18. The number of ether oxygens (including phenoxy) is 1. The van der Waals surface area contributed by atoms with Crippen molar-refractivity contribution in [1.82, 2.24) is 10.2 Å². The summed E-state index contributed by atoms with van der Waals surface area (Å²) in [6, 6.07) is 4.58. The summed E-state index contributed by atoms with van der Waals surface area (Å²) in [5.41, 5.74) is 0.398. The first-order chi connectivity index (χ1) is 13.5. The normalized spacial score (nSPS) is 17.5. The Hall–Kier alpha value is -2.55. The fourth-order valence-corrected chi connectivity index (χ4v) is 4.01. The van der Waals surface area contributed by atoms with Gasteiger partial charge in [-0.3, -0.25) is 9.59 Å². The number of carbonyl (C=O) groups is 4. The zero-order valence-electron chi connectivity index (χ0n) is 16.9. The molecular weight excluding hydrogens is 396 g/mol. The van der Waals surface area contributed by atoms with E-state index in [9.17, 15) is 24.3 Å². The molecule has 1 aliphatic rings. The number of esters is 1. The molecule has 0 saturated carbocycles. The molecule has 1 fully saturated rings. The van der Waals surface area contributed by atoms with Crippen LogP contribution in [0.15, 0.2) is 24.3 Å². The highest BCUT2D eigenvalue weighted by molar-refractivity contribution is 7.99. The Morgan fingerprint density at radius 2 is 1.86 bits per heavy atom. The van der Waals surface area contributed by atoms with Crippen molar-refractivity contribution in [2.45, 2.75) is 51.8 Å². The minimum atomic E-state index is -1.17. The van der Waals surface area contributed by atoms with Gasteiger partial charge in [-0.2, -0.15) is 0 Å². The molecule has 1 heterocycles. The molecule has 2 atom stereocenters. The number of carboxylic acid groups (broad SMARTS) is 1. The lowest BCUT2D eigenvalue weighted by atomic mass is 10.0. The van der Waals surface area contributed by atoms with Gasteiger partial charge in [0.15, 0.2) is 0 Å². The van der Waals surface area contributed by atoms with Crippen molar-refractivity contribution in [3.05, 3.63) is 35.4 Å². The third kappa shape index (κ3) is 6.49. The molecule has 8 nitrogen and oxygen atoms in total. The molecule has 2 N–H and O–H groups in total. The SMILES string of the molecule is CC(=O)N1CSC[C@@H]1C(=O)N[C@@H](Cc1ccc(C(=O)OC(C)(C)C)cc1)C(=O)O. The van der Waals surface area contributed by atoms with Gasteiger partial charge < -0.3 is 20.1 Å². The Bertz CT molecular complexity index is 787.